The number of aryl methyl sites for hydroxylation is 1. The van der Waals surface area contributed by atoms with E-state index < -0.39 is 0 Å². The average Bonchev–Trinajstić information content (AvgIpc) is 2.98. The molecular formula is C13H10BrN3S. The topological polar surface area (TPSA) is 30.7 Å². The van der Waals surface area contributed by atoms with Crippen LogP contribution in [0.25, 0.3) is 22.0 Å². The van der Waals surface area contributed by atoms with E-state index in [0.29, 0.717) is 0 Å². The first-order valence-electron chi connectivity index (χ1n) is 5.44. The van der Waals surface area contributed by atoms with Crippen molar-refractivity contribution in [3.05, 3.63) is 46.4 Å². The highest BCUT2D eigenvalue weighted by Crippen LogP contribution is 2.28. The fraction of sp³-hybridized carbons (Fsp3) is 0.0769. The Morgan fingerprint density at radius 2 is 1.89 bits per heavy atom. The number of nitrogens with zero attached hydrogens (tertiary/aromatic N) is 3. The lowest BCUT2D eigenvalue weighted by molar-refractivity contribution is 0.770. The molecule has 0 aliphatic rings. The molecule has 0 atom stereocenters. The van der Waals surface area contributed by atoms with E-state index in [-0.39, 0.29) is 0 Å². The standard InChI is InChI=1S/C13H10BrN3S/c1-17-7-6-11(16-17)13-15-12(8-18-13)9-2-4-10(14)5-3-9/h2-8H,1H3. The Bertz CT molecular complexity index is 670. The molecule has 0 bridgehead atoms. The molecular weight excluding hydrogens is 310 g/mol. The predicted molar refractivity (Wildman–Crippen MR) is 77.5 cm³/mol. The molecule has 0 aliphatic carbocycles. The van der Waals surface area contributed by atoms with Gasteiger partial charge in [-0.1, -0.05) is 28.1 Å². The van der Waals surface area contributed by atoms with Crippen LogP contribution < -0.4 is 0 Å². The van der Waals surface area contributed by atoms with Gasteiger partial charge in [-0.25, -0.2) is 4.98 Å². The van der Waals surface area contributed by atoms with Crippen molar-refractivity contribution < 1.29 is 0 Å². The molecule has 5 heteroatoms. The Kier molecular flexibility index (Phi) is 3.01. The van der Waals surface area contributed by atoms with Gasteiger partial charge in [-0.2, -0.15) is 5.10 Å². The third-order valence-electron chi connectivity index (χ3n) is 2.58. The number of benzene rings is 1. The van der Waals surface area contributed by atoms with Crippen LogP contribution >= 0.6 is 27.3 Å². The normalized spacial score (nSPS) is 10.8. The number of hydrogen-bond donors (Lipinski definition) is 0. The van der Waals surface area contributed by atoms with Crippen LogP contribution in [0.4, 0.5) is 0 Å². The van der Waals surface area contributed by atoms with Gasteiger partial charge in [0.25, 0.3) is 0 Å². The Morgan fingerprint density at radius 1 is 1.11 bits per heavy atom. The van der Waals surface area contributed by atoms with Gasteiger partial charge in [0.15, 0.2) is 0 Å². The lowest BCUT2D eigenvalue weighted by Gasteiger charge is -1.96. The third-order valence-corrected chi connectivity index (χ3v) is 3.97. The van der Waals surface area contributed by atoms with Gasteiger partial charge >= 0.3 is 0 Å². The van der Waals surface area contributed by atoms with E-state index in [0.717, 1.165) is 26.4 Å². The molecule has 0 amide bonds. The summed E-state index contributed by atoms with van der Waals surface area (Å²) in [7, 11) is 1.91. The summed E-state index contributed by atoms with van der Waals surface area (Å²) in [5, 5.41) is 7.37. The van der Waals surface area contributed by atoms with E-state index in [1.165, 1.54) is 0 Å². The second-order valence-electron chi connectivity index (χ2n) is 3.92. The van der Waals surface area contributed by atoms with Crippen LogP contribution in [0.3, 0.4) is 0 Å². The zero-order valence-corrected chi connectivity index (χ0v) is 12.1. The summed E-state index contributed by atoms with van der Waals surface area (Å²) in [6.45, 7) is 0. The molecule has 3 nitrogen and oxygen atoms in total. The lowest BCUT2D eigenvalue weighted by Crippen LogP contribution is -1.87. The van der Waals surface area contributed by atoms with Gasteiger partial charge in [-0.3, -0.25) is 4.68 Å². The largest absolute Gasteiger partial charge is 0.275 e. The Balaban J connectivity index is 1.96. The second-order valence-corrected chi connectivity index (χ2v) is 5.69. The summed E-state index contributed by atoms with van der Waals surface area (Å²) in [6.07, 6.45) is 1.93. The number of thiazole rings is 1. The van der Waals surface area contributed by atoms with Gasteiger partial charge in [0.1, 0.15) is 10.7 Å². The van der Waals surface area contributed by atoms with E-state index >= 15 is 0 Å². The molecule has 0 radical (unpaired) electrons. The van der Waals surface area contributed by atoms with Crippen molar-refractivity contribution in [2.24, 2.45) is 7.05 Å². The molecule has 0 N–H and O–H groups in total. The van der Waals surface area contributed by atoms with E-state index in [1.54, 1.807) is 16.0 Å². The quantitative estimate of drug-likeness (QED) is 0.715. The van der Waals surface area contributed by atoms with Crippen molar-refractivity contribution in [2.45, 2.75) is 0 Å². The molecule has 1 aromatic carbocycles. The molecule has 2 aromatic heterocycles. The molecule has 0 fully saturated rings. The first-order valence-corrected chi connectivity index (χ1v) is 7.11. The van der Waals surface area contributed by atoms with Crippen LogP contribution in [-0.4, -0.2) is 14.8 Å². The number of rotatable bonds is 2. The van der Waals surface area contributed by atoms with Crippen LogP contribution in [0.2, 0.25) is 0 Å². The summed E-state index contributed by atoms with van der Waals surface area (Å²) in [4.78, 5) is 4.62. The van der Waals surface area contributed by atoms with Crippen molar-refractivity contribution in [3.63, 3.8) is 0 Å². The van der Waals surface area contributed by atoms with Gasteiger partial charge in [0, 0.05) is 28.7 Å². The lowest BCUT2D eigenvalue weighted by atomic mass is 10.2. The average molecular weight is 320 g/mol. The smallest absolute Gasteiger partial charge is 0.144 e. The highest BCUT2D eigenvalue weighted by Gasteiger charge is 2.08. The van der Waals surface area contributed by atoms with E-state index in [1.807, 2.05) is 31.4 Å². The predicted octanol–water partition coefficient (Wildman–Crippen LogP) is 3.97. The van der Waals surface area contributed by atoms with E-state index in [4.69, 9.17) is 0 Å². The molecule has 90 valence electrons. The van der Waals surface area contributed by atoms with Crippen LogP contribution in [-0.2, 0) is 7.05 Å². The van der Waals surface area contributed by atoms with Crippen molar-refractivity contribution >= 4 is 27.3 Å². The Hall–Kier alpha value is -1.46. The Labute approximate surface area is 117 Å². The maximum absolute atomic E-state index is 4.62. The zero-order chi connectivity index (χ0) is 12.5. The fourth-order valence-corrected chi connectivity index (χ4v) is 2.73. The zero-order valence-electron chi connectivity index (χ0n) is 9.67. The van der Waals surface area contributed by atoms with Gasteiger partial charge in [0.2, 0.25) is 0 Å². The van der Waals surface area contributed by atoms with Crippen LogP contribution in [0.1, 0.15) is 0 Å². The minimum atomic E-state index is 0.922. The summed E-state index contributed by atoms with van der Waals surface area (Å²) in [6, 6.07) is 10.1. The Morgan fingerprint density at radius 3 is 2.56 bits per heavy atom. The van der Waals surface area contributed by atoms with E-state index in [2.05, 4.69) is 43.5 Å². The van der Waals surface area contributed by atoms with Gasteiger partial charge in [-0.05, 0) is 18.2 Å². The van der Waals surface area contributed by atoms with Gasteiger partial charge < -0.3 is 0 Å². The van der Waals surface area contributed by atoms with Crippen molar-refractivity contribution in [1.82, 2.24) is 14.8 Å². The third kappa shape index (κ3) is 2.23. The highest BCUT2D eigenvalue weighted by atomic mass is 79.9. The van der Waals surface area contributed by atoms with Crippen molar-refractivity contribution in [1.29, 1.82) is 0 Å². The molecule has 0 saturated heterocycles. The first kappa shape index (κ1) is 11.6. The maximum Gasteiger partial charge on any atom is 0.144 e. The van der Waals surface area contributed by atoms with Crippen LogP contribution in [0.15, 0.2) is 46.4 Å². The SMILES string of the molecule is Cn1ccc(-c2nc(-c3ccc(Br)cc3)cs2)n1. The van der Waals surface area contributed by atoms with E-state index in [9.17, 15) is 0 Å². The maximum atomic E-state index is 4.62. The molecule has 3 aromatic rings. The molecule has 2 heterocycles. The molecule has 0 spiro atoms. The van der Waals surface area contributed by atoms with Crippen LogP contribution in [0, 0.1) is 0 Å². The molecule has 18 heavy (non-hydrogen) atoms. The minimum absolute atomic E-state index is 0.922. The minimum Gasteiger partial charge on any atom is -0.275 e. The summed E-state index contributed by atoms with van der Waals surface area (Å²) < 4.78 is 2.86. The number of halogens is 1. The van der Waals surface area contributed by atoms with Crippen molar-refractivity contribution in [3.8, 4) is 22.0 Å². The summed E-state index contributed by atoms with van der Waals surface area (Å²) in [5.74, 6) is 0. The number of aromatic nitrogens is 3. The fourth-order valence-electron chi connectivity index (χ4n) is 1.67. The monoisotopic (exact) mass is 319 g/mol. The molecule has 0 aliphatic heterocycles. The molecule has 3 rings (SSSR count). The molecule has 0 unspecified atom stereocenters. The van der Waals surface area contributed by atoms with Crippen molar-refractivity contribution in [2.75, 3.05) is 0 Å². The van der Waals surface area contributed by atoms with Gasteiger partial charge in [-0.15, -0.1) is 11.3 Å². The summed E-state index contributed by atoms with van der Waals surface area (Å²) >= 11 is 5.05. The van der Waals surface area contributed by atoms with Gasteiger partial charge in [0.05, 0.1) is 5.69 Å². The molecule has 0 saturated carbocycles. The first-order chi connectivity index (χ1) is 8.72. The highest BCUT2D eigenvalue weighted by molar-refractivity contribution is 9.10. The van der Waals surface area contributed by atoms with Crippen LogP contribution in [0.5, 0.6) is 0 Å². The summed E-state index contributed by atoms with van der Waals surface area (Å²) in [5.41, 5.74) is 3.04. The number of hydrogen-bond acceptors (Lipinski definition) is 3. The second kappa shape index (κ2) is 4.66.